The SMILES string of the molecule is Cc1ccc(NCC2CCCN(C)C2)c(C)n1. The molecule has 1 N–H and O–H groups in total. The fraction of sp³-hybridized carbons (Fsp3) is 0.643. The van der Waals surface area contributed by atoms with Crippen molar-refractivity contribution in [2.24, 2.45) is 5.92 Å². The molecule has 3 heteroatoms. The Balaban J connectivity index is 1.88. The molecule has 1 unspecified atom stereocenters. The molecule has 1 aromatic heterocycles. The number of anilines is 1. The molecule has 0 aliphatic carbocycles. The van der Waals surface area contributed by atoms with E-state index in [1.165, 1.54) is 31.6 Å². The summed E-state index contributed by atoms with van der Waals surface area (Å²) in [5.74, 6) is 0.773. The summed E-state index contributed by atoms with van der Waals surface area (Å²) < 4.78 is 0. The van der Waals surface area contributed by atoms with Crippen molar-refractivity contribution in [3.63, 3.8) is 0 Å². The van der Waals surface area contributed by atoms with Gasteiger partial charge in [-0.15, -0.1) is 0 Å². The van der Waals surface area contributed by atoms with Gasteiger partial charge < -0.3 is 10.2 Å². The third-order valence-corrected chi connectivity index (χ3v) is 3.53. The fourth-order valence-electron chi connectivity index (χ4n) is 2.57. The Morgan fingerprint density at radius 3 is 2.94 bits per heavy atom. The van der Waals surface area contributed by atoms with Crippen LogP contribution in [0.15, 0.2) is 12.1 Å². The fourth-order valence-corrected chi connectivity index (χ4v) is 2.57. The smallest absolute Gasteiger partial charge is 0.0606 e. The van der Waals surface area contributed by atoms with E-state index in [-0.39, 0.29) is 0 Å². The van der Waals surface area contributed by atoms with E-state index in [1.54, 1.807) is 0 Å². The van der Waals surface area contributed by atoms with E-state index in [0.29, 0.717) is 0 Å². The Morgan fingerprint density at radius 2 is 2.24 bits per heavy atom. The lowest BCUT2D eigenvalue weighted by Gasteiger charge is -2.30. The van der Waals surface area contributed by atoms with E-state index < -0.39 is 0 Å². The van der Waals surface area contributed by atoms with Gasteiger partial charge in [-0.1, -0.05) is 0 Å². The molecular formula is C14H23N3. The van der Waals surface area contributed by atoms with Crippen LogP contribution in [0.5, 0.6) is 0 Å². The van der Waals surface area contributed by atoms with Gasteiger partial charge in [0.15, 0.2) is 0 Å². The Morgan fingerprint density at radius 1 is 1.41 bits per heavy atom. The van der Waals surface area contributed by atoms with Gasteiger partial charge >= 0.3 is 0 Å². The Labute approximate surface area is 104 Å². The highest BCUT2D eigenvalue weighted by atomic mass is 15.1. The predicted molar refractivity (Wildman–Crippen MR) is 72.4 cm³/mol. The molecule has 1 aromatic rings. The lowest BCUT2D eigenvalue weighted by Crippen LogP contribution is -2.35. The normalized spacial score (nSPS) is 21.5. The highest BCUT2D eigenvalue weighted by molar-refractivity contribution is 5.47. The van der Waals surface area contributed by atoms with E-state index in [1.807, 2.05) is 6.92 Å². The van der Waals surface area contributed by atoms with Crippen LogP contribution in [0.1, 0.15) is 24.2 Å². The molecule has 94 valence electrons. The predicted octanol–water partition coefficient (Wildman–Crippen LogP) is 2.45. The number of piperidine rings is 1. The van der Waals surface area contributed by atoms with Crippen molar-refractivity contribution in [3.05, 3.63) is 23.5 Å². The second kappa shape index (κ2) is 5.50. The number of aromatic nitrogens is 1. The number of aryl methyl sites for hydroxylation is 2. The van der Waals surface area contributed by atoms with Crippen LogP contribution in [-0.4, -0.2) is 36.6 Å². The molecule has 17 heavy (non-hydrogen) atoms. The first-order valence-corrected chi connectivity index (χ1v) is 6.52. The molecule has 0 amide bonds. The molecule has 1 aliphatic rings. The highest BCUT2D eigenvalue weighted by Gasteiger charge is 2.16. The molecule has 1 aliphatic heterocycles. The largest absolute Gasteiger partial charge is 0.383 e. The number of pyridine rings is 1. The van der Waals surface area contributed by atoms with Crippen LogP contribution in [-0.2, 0) is 0 Å². The van der Waals surface area contributed by atoms with Crippen LogP contribution >= 0.6 is 0 Å². The number of nitrogens with zero attached hydrogens (tertiary/aromatic N) is 2. The Kier molecular flexibility index (Phi) is 4.00. The maximum atomic E-state index is 4.48. The lowest BCUT2D eigenvalue weighted by molar-refractivity contribution is 0.217. The summed E-state index contributed by atoms with van der Waals surface area (Å²) in [5.41, 5.74) is 3.38. The van der Waals surface area contributed by atoms with Crippen molar-refractivity contribution in [1.29, 1.82) is 0 Å². The molecule has 0 saturated carbocycles. The van der Waals surface area contributed by atoms with Gasteiger partial charge in [-0.3, -0.25) is 4.98 Å². The molecule has 0 spiro atoms. The van der Waals surface area contributed by atoms with E-state index in [9.17, 15) is 0 Å². The summed E-state index contributed by atoms with van der Waals surface area (Å²) in [6.45, 7) is 7.64. The van der Waals surface area contributed by atoms with Crippen LogP contribution in [0.2, 0.25) is 0 Å². The maximum Gasteiger partial charge on any atom is 0.0606 e. The minimum absolute atomic E-state index is 0.773. The average Bonchev–Trinajstić information content (AvgIpc) is 2.28. The van der Waals surface area contributed by atoms with Gasteiger partial charge in [0.25, 0.3) is 0 Å². The third kappa shape index (κ3) is 3.43. The quantitative estimate of drug-likeness (QED) is 0.869. The van der Waals surface area contributed by atoms with E-state index >= 15 is 0 Å². The van der Waals surface area contributed by atoms with Crippen LogP contribution < -0.4 is 5.32 Å². The first kappa shape index (κ1) is 12.4. The second-order valence-electron chi connectivity index (χ2n) is 5.24. The maximum absolute atomic E-state index is 4.48. The zero-order chi connectivity index (χ0) is 12.3. The van der Waals surface area contributed by atoms with Crippen LogP contribution in [0.4, 0.5) is 5.69 Å². The Hall–Kier alpha value is -1.09. The lowest BCUT2D eigenvalue weighted by atomic mass is 9.98. The van der Waals surface area contributed by atoms with Crippen LogP contribution in [0.3, 0.4) is 0 Å². The van der Waals surface area contributed by atoms with Gasteiger partial charge in [0.2, 0.25) is 0 Å². The summed E-state index contributed by atoms with van der Waals surface area (Å²) in [4.78, 5) is 6.91. The molecule has 2 heterocycles. The molecule has 1 saturated heterocycles. The molecule has 3 nitrogen and oxygen atoms in total. The van der Waals surface area contributed by atoms with Crippen LogP contribution in [0.25, 0.3) is 0 Å². The van der Waals surface area contributed by atoms with Gasteiger partial charge in [0.1, 0.15) is 0 Å². The number of likely N-dealkylation sites (tertiary alicyclic amines) is 1. The summed E-state index contributed by atoms with van der Waals surface area (Å²) in [7, 11) is 2.21. The van der Waals surface area contributed by atoms with Crippen molar-refractivity contribution >= 4 is 5.69 Å². The van der Waals surface area contributed by atoms with Gasteiger partial charge in [0, 0.05) is 18.8 Å². The van der Waals surface area contributed by atoms with E-state index in [2.05, 4.69) is 41.3 Å². The molecule has 2 rings (SSSR count). The second-order valence-corrected chi connectivity index (χ2v) is 5.24. The van der Waals surface area contributed by atoms with Gasteiger partial charge in [-0.2, -0.15) is 0 Å². The number of rotatable bonds is 3. The monoisotopic (exact) mass is 233 g/mol. The van der Waals surface area contributed by atoms with Crippen molar-refractivity contribution < 1.29 is 0 Å². The minimum atomic E-state index is 0.773. The molecule has 1 fully saturated rings. The zero-order valence-corrected chi connectivity index (χ0v) is 11.2. The molecule has 0 radical (unpaired) electrons. The van der Waals surface area contributed by atoms with Gasteiger partial charge in [-0.25, -0.2) is 0 Å². The number of nitrogens with one attached hydrogen (secondary N) is 1. The summed E-state index contributed by atoms with van der Waals surface area (Å²) in [6.07, 6.45) is 2.67. The molecule has 0 bridgehead atoms. The van der Waals surface area contributed by atoms with E-state index in [0.717, 1.165) is 23.9 Å². The topological polar surface area (TPSA) is 28.2 Å². The molecule has 1 atom stereocenters. The third-order valence-electron chi connectivity index (χ3n) is 3.53. The standard InChI is InChI=1S/C14H23N3/c1-11-6-7-14(12(2)16-11)15-9-13-5-4-8-17(3)10-13/h6-7,13,15H,4-5,8-10H2,1-3H3. The van der Waals surface area contributed by atoms with Crippen LogP contribution in [0, 0.1) is 19.8 Å². The first-order chi connectivity index (χ1) is 8.15. The number of hydrogen-bond donors (Lipinski definition) is 1. The summed E-state index contributed by atoms with van der Waals surface area (Å²) in [6, 6.07) is 4.21. The van der Waals surface area contributed by atoms with Crippen molar-refractivity contribution in [2.75, 3.05) is 32.0 Å². The van der Waals surface area contributed by atoms with Crippen molar-refractivity contribution in [3.8, 4) is 0 Å². The van der Waals surface area contributed by atoms with Crippen molar-refractivity contribution in [1.82, 2.24) is 9.88 Å². The van der Waals surface area contributed by atoms with E-state index in [4.69, 9.17) is 0 Å². The molecule has 0 aromatic carbocycles. The van der Waals surface area contributed by atoms with Crippen molar-refractivity contribution in [2.45, 2.75) is 26.7 Å². The average molecular weight is 233 g/mol. The zero-order valence-electron chi connectivity index (χ0n) is 11.2. The summed E-state index contributed by atoms with van der Waals surface area (Å²) in [5, 5.41) is 3.54. The summed E-state index contributed by atoms with van der Waals surface area (Å²) >= 11 is 0. The number of hydrogen-bond acceptors (Lipinski definition) is 3. The minimum Gasteiger partial charge on any atom is -0.383 e. The Bertz CT molecular complexity index is 376. The highest BCUT2D eigenvalue weighted by Crippen LogP contribution is 2.18. The first-order valence-electron chi connectivity index (χ1n) is 6.52. The molecular weight excluding hydrogens is 210 g/mol. The van der Waals surface area contributed by atoms with Gasteiger partial charge in [-0.05, 0) is 58.3 Å². The van der Waals surface area contributed by atoms with Gasteiger partial charge in [0.05, 0.1) is 11.4 Å².